The number of anilines is 1. The number of carbonyl (C=O) groups is 1. The van der Waals surface area contributed by atoms with E-state index in [4.69, 9.17) is 10.5 Å². The highest BCUT2D eigenvalue weighted by atomic mass is 32.1. The third kappa shape index (κ3) is 3.23. The second-order valence-corrected chi connectivity index (χ2v) is 9.36. The average molecular weight is 428 g/mol. The first-order valence-corrected chi connectivity index (χ1v) is 11.2. The zero-order valence-electron chi connectivity index (χ0n) is 16.1. The molecule has 0 radical (unpaired) electrons. The van der Waals surface area contributed by atoms with E-state index in [9.17, 15) is 4.79 Å². The van der Waals surface area contributed by atoms with Gasteiger partial charge in [-0.2, -0.15) is 0 Å². The molecule has 2 aliphatic rings. The van der Waals surface area contributed by atoms with E-state index in [0.717, 1.165) is 29.8 Å². The zero-order valence-corrected chi connectivity index (χ0v) is 17.7. The first-order valence-electron chi connectivity index (χ1n) is 9.64. The van der Waals surface area contributed by atoms with Gasteiger partial charge in [0.2, 0.25) is 0 Å². The Hall–Kier alpha value is -2.36. The van der Waals surface area contributed by atoms with Crippen molar-refractivity contribution < 1.29 is 9.53 Å². The van der Waals surface area contributed by atoms with Gasteiger partial charge in [0.15, 0.2) is 0 Å². The van der Waals surface area contributed by atoms with Crippen molar-refractivity contribution >= 4 is 34.6 Å². The molecule has 0 unspecified atom stereocenters. The Morgan fingerprint density at radius 3 is 2.86 bits per heavy atom. The van der Waals surface area contributed by atoms with Crippen molar-refractivity contribution in [3.63, 3.8) is 0 Å². The van der Waals surface area contributed by atoms with Crippen LogP contribution in [0.2, 0.25) is 0 Å². The van der Waals surface area contributed by atoms with Crippen molar-refractivity contribution in [1.82, 2.24) is 19.5 Å². The van der Waals surface area contributed by atoms with Crippen LogP contribution in [0.1, 0.15) is 38.6 Å². The van der Waals surface area contributed by atoms with Crippen LogP contribution in [-0.4, -0.2) is 45.1 Å². The number of thiophene rings is 1. The minimum absolute atomic E-state index is 0.0263. The lowest BCUT2D eigenvalue weighted by molar-refractivity contribution is -0.0926. The molecule has 1 spiro atoms. The number of rotatable bonds is 2. The molecule has 0 atom stereocenters. The summed E-state index contributed by atoms with van der Waals surface area (Å²) in [6.45, 7) is 3.87. The molecule has 0 saturated carbocycles. The number of aromatic nitrogens is 3. The van der Waals surface area contributed by atoms with E-state index in [2.05, 4.69) is 20.6 Å². The van der Waals surface area contributed by atoms with Crippen LogP contribution < -0.4 is 5.73 Å². The minimum atomic E-state index is -0.319. The highest BCUT2D eigenvalue weighted by Crippen LogP contribution is 2.46. The summed E-state index contributed by atoms with van der Waals surface area (Å²) in [5.74, 6) is 0.554. The number of fused-ring (bicyclic) bond motifs is 2. The fourth-order valence-electron chi connectivity index (χ4n) is 4.19. The Labute approximate surface area is 176 Å². The van der Waals surface area contributed by atoms with Gasteiger partial charge in [0.25, 0.3) is 5.91 Å². The third-order valence-corrected chi connectivity index (χ3v) is 7.77. The molecule has 3 aromatic rings. The maximum Gasteiger partial charge on any atom is 0.267 e. The molecule has 2 N–H and O–H groups in total. The van der Waals surface area contributed by atoms with Crippen molar-refractivity contribution in [2.24, 2.45) is 0 Å². The Morgan fingerprint density at radius 2 is 2.14 bits per heavy atom. The van der Waals surface area contributed by atoms with Crippen LogP contribution in [0.4, 0.5) is 5.82 Å². The van der Waals surface area contributed by atoms with Crippen molar-refractivity contribution in [3.8, 4) is 10.6 Å². The van der Waals surface area contributed by atoms with Gasteiger partial charge in [0, 0.05) is 24.4 Å². The lowest BCUT2D eigenvalue weighted by Gasteiger charge is -2.44. The summed E-state index contributed by atoms with van der Waals surface area (Å²) < 4.78 is 10.2. The van der Waals surface area contributed by atoms with Gasteiger partial charge in [-0.05, 0) is 55.1 Å². The molecular formula is C20H21N5O2S2. The second kappa shape index (κ2) is 7.16. The number of nitrogens with zero attached hydrogens (tertiary/aromatic N) is 4. The van der Waals surface area contributed by atoms with E-state index in [-0.39, 0.29) is 11.5 Å². The number of likely N-dealkylation sites (tertiary alicyclic amines) is 1. The number of nitrogen functional groups attached to an aromatic ring is 1. The van der Waals surface area contributed by atoms with Crippen LogP contribution in [-0.2, 0) is 16.8 Å². The first-order chi connectivity index (χ1) is 14.1. The molecule has 5 rings (SSSR count). The molecule has 9 heteroatoms. The summed E-state index contributed by atoms with van der Waals surface area (Å²) in [5, 5.41) is 3.97. The lowest BCUT2D eigenvalue weighted by Crippen LogP contribution is -2.48. The molecule has 0 aliphatic carbocycles. The molecular weight excluding hydrogens is 406 g/mol. The molecule has 7 nitrogen and oxygen atoms in total. The quantitative estimate of drug-likeness (QED) is 0.675. The lowest BCUT2D eigenvalue weighted by atomic mass is 9.82. The summed E-state index contributed by atoms with van der Waals surface area (Å²) in [4.78, 5) is 22.3. The maximum atomic E-state index is 12.8. The monoisotopic (exact) mass is 427 g/mol. The van der Waals surface area contributed by atoms with Gasteiger partial charge < -0.3 is 15.4 Å². The van der Waals surface area contributed by atoms with Crippen LogP contribution in [0.3, 0.4) is 0 Å². The number of aryl methyl sites for hydroxylation is 1. The predicted molar refractivity (Wildman–Crippen MR) is 113 cm³/mol. The topological polar surface area (TPSA) is 94.2 Å². The molecule has 3 aromatic heterocycles. The van der Waals surface area contributed by atoms with Gasteiger partial charge in [0.1, 0.15) is 10.7 Å². The summed E-state index contributed by atoms with van der Waals surface area (Å²) in [6.07, 6.45) is 2.49. The Balaban J connectivity index is 1.40. The number of pyridine rings is 1. The van der Waals surface area contributed by atoms with Crippen LogP contribution in [0, 0.1) is 6.92 Å². The smallest absolute Gasteiger partial charge is 0.267 e. The SMILES string of the molecule is Cc1nnsc1C(=O)N1CCC2(CC1)OCCc1sc(-c3cccc(N)n3)cc12. The largest absolute Gasteiger partial charge is 0.384 e. The number of ether oxygens (including phenoxy) is 1. The van der Waals surface area contributed by atoms with Gasteiger partial charge in [-0.15, -0.1) is 16.4 Å². The number of hydrogen-bond acceptors (Lipinski definition) is 8. The van der Waals surface area contributed by atoms with E-state index in [0.29, 0.717) is 36.1 Å². The summed E-state index contributed by atoms with van der Waals surface area (Å²) in [5.41, 5.74) is 8.42. The molecule has 1 amide bonds. The summed E-state index contributed by atoms with van der Waals surface area (Å²) in [6, 6.07) is 7.95. The molecule has 0 bridgehead atoms. The number of nitrogens with two attached hydrogens (primary N) is 1. The van der Waals surface area contributed by atoms with E-state index >= 15 is 0 Å². The van der Waals surface area contributed by atoms with Crippen LogP contribution in [0.15, 0.2) is 24.3 Å². The Bertz CT molecular complexity index is 1070. The van der Waals surface area contributed by atoms with Crippen molar-refractivity contribution in [2.45, 2.75) is 31.8 Å². The van der Waals surface area contributed by atoms with Gasteiger partial charge in [-0.1, -0.05) is 10.6 Å². The second-order valence-electron chi connectivity index (χ2n) is 7.47. The fraction of sp³-hybridized carbons (Fsp3) is 0.400. The van der Waals surface area contributed by atoms with Gasteiger partial charge in [-0.3, -0.25) is 4.79 Å². The summed E-state index contributed by atoms with van der Waals surface area (Å²) in [7, 11) is 0. The van der Waals surface area contributed by atoms with Crippen molar-refractivity contribution in [3.05, 3.63) is 45.3 Å². The Morgan fingerprint density at radius 1 is 1.31 bits per heavy atom. The highest BCUT2D eigenvalue weighted by Gasteiger charge is 2.43. The van der Waals surface area contributed by atoms with Gasteiger partial charge in [-0.25, -0.2) is 4.98 Å². The molecule has 0 aromatic carbocycles. The van der Waals surface area contributed by atoms with E-state index in [1.165, 1.54) is 22.0 Å². The summed E-state index contributed by atoms with van der Waals surface area (Å²) >= 11 is 2.95. The highest BCUT2D eigenvalue weighted by molar-refractivity contribution is 7.15. The molecule has 150 valence electrons. The van der Waals surface area contributed by atoms with E-state index in [1.54, 1.807) is 17.4 Å². The van der Waals surface area contributed by atoms with E-state index < -0.39 is 0 Å². The minimum Gasteiger partial charge on any atom is -0.384 e. The maximum absolute atomic E-state index is 12.8. The molecule has 29 heavy (non-hydrogen) atoms. The van der Waals surface area contributed by atoms with Crippen LogP contribution >= 0.6 is 22.9 Å². The van der Waals surface area contributed by atoms with Crippen LogP contribution in [0.25, 0.3) is 10.6 Å². The number of amides is 1. The Kier molecular flexibility index (Phi) is 4.60. The van der Waals surface area contributed by atoms with Crippen molar-refractivity contribution in [1.29, 1.82) is 0 Å². The third-order valence-electron chi connectivity index (χ3n) is 5.73. The molecule has 1 saturated heterocycles. The normalized spacial score (nSPS) is 18.0. The van der Waals surface area contributed by atoms with Gasteiger partial charge >= 0.3 is 0 Å². The zero-order chi connectivity index (χ0) is 20.0. The number of carbonyl (C=O) groups excluding carboxylic acids is 1. The van der Waals surface area contributed by atoms with Crippen molar-refractivity contribution in [2.75, 3.05) is 25.4 Å². The first kappa shape index (κ1) is 18.7. The predicted octanol–water partition coefficient (Wildman–Crippen LogP) is 3.26. The molecule has 5 heterocycles. The number of hydrogen-bond donors (Lipinski definition) is 1. The van der Waals surface area contributed by atoms with Gasteiger partial charge in [0.05, 0.1) is 28.5 Å². The van der Waals surface area contributed by atoms with Crippen LogP contribution in [0.5, 0.6) is 0 Å². The standard InChI is InChI=1S/C20H21N5O2S2/c1-12-18(29-24-23-12)19(26)25-8-6-20(7-9-25)13-11-16(28-15(13)5-10-27-20)14-3-2-4-17(21)22-14/h2-4,11H,5-10H2,1H3,(H2,21,22). The number of piperidine rings is 1. The molecule has 1 fully saturated rings. The fourth-order valence-corrected chi connectivity index (χ4v) is 6.01. The average Bonchev–Trinajstić information content (AvgIpc) is 3.35. The van der Waals surface area contributed by atoms with E-state index in [1.807, 2.05) is 24.0 Å². The molecule has 2 aliphatic heterocycles.